The molecule has 1 aromatic carbocycles. The molecule has 0 bridgehead atoms. The summed E-state index contributed by atoms with van der Waals surface area (Å²) in [5.41, 5.74) is 1.51. The van der Waals surface area contributed by atoms with Crippen molar-refractivity contribution in [3.63, 3.8) is 0 Å². The molecule has 0 spiro atoms. The van der Waals surface area contributed by atoms with Crippen molar-refractivity contribution in [2.24, 2.45) is 0 Å². The van der Waals surface area contributed by atoms with E-state index >= 15 is 0 Å². The smallest absolute Gasteiger partial charge is 0.128 e. The molecular weight excluding hydrogens is 169 g/mol. The topological polar surface area (TPSA) is 32.3 Å². The van der Waals surface area contributed by atoms with Crippen molar-refractivity contribution in [3.05, 3.63) is 29.6 Å². The Morgan fingerprint density at radius 3 is 2.92 bits per heavy atom. The number of fused-ring (bicyclic) bond motifs is 1. The third-order valence-electron chi connectivity index (χ3n) is 2.65. The molecule has 0 fully saturated rings. The van der Waals surface area contributed by atoms with Gasteiger partial charge in [-0.1, -0.05) is 13.0 Å². The second-order valence-corrected chi connectivity index (χ2v) is 3.42. The molecule has 0 aliphatic carbocycles. The number of nitrogens with one attached hydrogen (secondary N) is 1. The van der Waals surface area contributed by atoms with Crippen LogP contribution in [0.2, 0.25) is 0 Å². The first-order chi connectivity index (χ1) is 6.24. The van der Waals surface area contributed by atoms with Gasteiger partial charge in [0, 0.05) is 17.2 Å². The van der Waals surface area contributed by atoms with E-state index in [0.29, 0.717) is 5.56 Å². The molecule has 2 atom stereocenters. The summed E-state index contributed by atoms with van der Waals surface area (Å²) in [7, 11) is 0. The molecule has 2 rings (SSSR count). The monoisotopic (exact) mass is 181 g/mol. The first-order valence-electron chi connectivity index (χ1n) is 4.40. The normalized spacial score (nSPS) is 25.5. The number of benzene rings is 1. The Hall–Kier alpha value is -1.09. The lowest BCUT2D eigenvalue weighted by Gasteiger charge is -2.12. The molecule has 1 heterocycles. The summed E-state index contributed by atoms with van der Waals surface area (Å²) >= 11 is 0. The second-order valence-electron chi connectivity index (χ2n) is 3.42. The Morgan fingerprint density at radius 2 is 2.31 bits per heavy atom. The minimum atomic E-state index is -0.187. The third-order valence-corrected chi connectivity index (χ3v) is 2.65. The lowest BCUT2D eigenvalue weighted by Crippen LogP contribution is -2.23. The van der Waals surface area contributed by atoms with E-state index in [4.69, 9.17) is 5.11 Å². The number of anilines is 1. The SMILES string of the molecule is CC1c2c(F)cccc2NC1CO. The maximum atomic E-state index is 13.3. The van der Waals surface area contributed by atoms with E-state index in [-0.39, 0.29) is 24.4 Å². The molecule has 0 saturated heterocycles. The quantitative estimate of drug-likeness (QED) is 0.691. The van der Waals surface area contributed by atoms with Crippen molar-refractivity contribution in [1.82, 2.24) is 0 Å². The number of rotatable bonds is 1. The number of aliphatic hydroxyl groups excluding tert-OH is 1. The zero-order chi connectivity index (χ0) is 9.42. The van der Waals surface area contributed by atoms with Gasteiger partial charge in [-0.05, 0) is 12.1 Å². The zero-order valence-corrected chi connectivity index (χ0v) is 7.42. The van der Waals surface area contributed by atoms with Crippen molar-refractivity contribution in [2.45, 2.75) is 18.9 Å². The Morgan fingerprint density at radius 1 is 1.54 bits per heavy atom. The minimum Gasteiger partial charge on any atom is -0.394 e. The lowest BCUT2D eigenvalue weighted by atomic mass is 9.97. The predicted octanol–water partition coefficient (Wildman–Crippen LogP) is 1.72. The Kier molecular flexibility index (Phi) is 1.96. The van der Waals surface area contributed by atoms with Crippen molar-refractivity contribution in [1.29, 1.82) is 0 Å². The molecule has 2 nitrogen and oxygen atoms in total. The molecule has 0 amide bonds. The second kappa shape index (κ2) is 3.00. The first-order valence-corrected chi connectivity index (χ1v) is 4.40. The molecule has 1 aromatic rings. The first kappa shape index (κ1) is 8.51. The highest BCUT2D eigenvalue weighted by molar-refractivity contribution is 5.59. The van der Waals surface area contributed by atoms with Crippen LogP contribution in [0.4, 0.5) is 10.1 Å². The van der Waals surface area contributed by atoms with Gasteiger partial charge >= 0.3 is 0 Å². The van der Waals surface area contributed by atoms with E-state index in [1.54, 1.807) is 6.07 Å². The third kappa shape index (κ3) is 1.20. The summed E-state index contributed by atoms with van der Waals surface area (Å²) in [6.45, 7) is 1.96. The number of halogens is 1. The van der Waals surface area contributed by atoms with Gasteiger partial charge < -0.3 is 10.4 Å². The van der Waals surface area contributed by atoms with Crippen LogP contribution in [0.25, 0.3) is 0 Å². The predicted molar refractivity (Wildman–Crippen MR) is 49.3 cm³/mol. The average Bonchev–Trinajstić information content (AvgIpc) is 2.44. The molecule has 2 unspecified atom stereocenters. The fraction of sp³-hybridized carbons (Fsp3) is 0.400. The number of hydrogen-bond acceptors (Lipinski definition) is 2. The van der Waals surface area contributed by atoms with Gasteiger partial charge in [-0.15, -0.1) is 0 Å². The van der Waals surface area contributed by atoms with Crippen LogP contribution in [0.5, 0.6) is 0 Å². The molecule has 0 aromatic heterocycles. The molecule has 3 heteroatoms. The molecule has 2 N–H and O–H groups in total. The van der Waals surface area contributed by atoms with E-state index < -0.39 is 0 Å². The fourth-order valence-corrected chi connectivity index (χ4v) is 1.86. The van der Waals surface area contributed by atoms with E-state index in [1.807, 2.05) is 13.0 Å². The average molecular weight is 181 g/mol. The molecule has 0 radical (unpaired) electrons. The van der Waals surface area contributed by atoms with Gasteiger partial charge in [0.1, 0.15) is 5.82 Å². The van der Waals surface area contributed by atoms with Gasteiger partial charge in [0.25, 0.3) is 0 Å². The van der Waals surface area contributed by atoms with Crippen molar-refractivity contribution >= 4 is 5.69 Å². The summed E-state index contributed by atoms with van der Waals surface area (Å²) in [4.78, 5) is 0. The van der Waals surface area contributed by atoms with E-state index in [1.165, 1.54) is 6.07 Å². The lowest BCUT2D eigenvalue weighted by molar-refractivity contribution is 0.265. The van der Waals surface area contributed by atoms with Gasteiger partial charge in [0.2, 0.25) is 0 Å². The zero-order valence-electron chi connectivity index (χ0n) is 7.42. The minimum absolute atomic E-state index is 0.0370. The van der Waals surface area contributed by atoms with Crippen LogP contribution in [0.15, 0.2) is 18.2 Å². The van der Waals surface area contributed by atoms with Crippen molar-refractivity contribution in [3.8, 4) is 0 Å². The largest absolute Gasteiger partial charge is 0.394 e. The summed E-state index contributed by atoms with van der Waals surface area (Å²) in [5, 5.41) is 12.1. The Labute approximate surface area is 76.4 Å². The molecule has 1 aliphatic rings. The maximum absolute atomic E-state index is 13.3. The highest BCUT2D eigenvalue weighted by Crippen LogP contribution is 2.36. The van der Waals surface area contributed by atoms with Crippen LogP contribution in [0.1, 0.15) is 18.4 Å². The number of hydrogen-bond donors (Lipinski definition) is 2. The van der Waals surface area contributed by atoms with Gasteiger partial charge in [-0.3, -0.25) is 0 Å². The van der Waals surface area contributed by atoms with Gasteiger partial charge in [0.05, 0.1) is 12.6 Å². The molecule has 13 heavy (non-hydrogen) atoms. The Bertz CT molecular complexity index is 327. The van der Waals surface area contributed by atoms with Crippen molar-refractivity contribution < 1.29 is 9.50 Å². The van der Waals surface area contributed by atoms with Crippen LogP contribution < -0.4 is 5.32 Å². The van der Waals surface area contributed by atoms with Crippen LogP contribution in [0.3, 0.4) is 0 Å². The van der Waals surface area contributed by atoms with E-state index in [2.05, 4.69) is 5.32 Å². The highest BCUT2D eigenvalue weighted by Gasteiger charge is 2.30. The Balaban J connectivity index is 2.44. The van der Waals surface area contributed by atoms with Gasteiger partial charge in [0.15, 0.2) is 0 Å². The van der Waals surface area contributed by atoms with Gasteiger partial charge in [-0.2, -0.15) is 0 Å². The summed E-state index contributed by atoms with van der Waals surface area (Å²) in [6, 6.07) is 4.92. The van der Waals surface area contributed by atoms with Crippen molar-refractivity contribution in [2.75, 3.05) is 11.9 Å². The fourth-order valence-electron chi connectivity index (χ4n) is 1.86. The molecular formula is C10H12FNO. The standard InChI is InChI=1S/C10H12FNO/c1-6-9(5-13)12-8-4-2-3-7(11)10(6)8/h2-4,6,9,12-13H,5H2,1H3. The summed E-state index contributed by atoms with van der Waals surface area (Å²) < 4.78 is 13.3. The van der Waals surface area contributed by atoms with Crippen LogP contribution >= 0.6 is 0 Å². The van der Waals surface area contributed by atoms with E-state index in [9.17, 15) is 4.39 Å². The van der Waals surface area contributed by atoms with Crippen LogP contribution in [-0.2, 0) is 0 Å². The van der Waals surface area contributed by atoms with Crippen LogP contribution in [-0.4, -0.2) is 17.8 Å². The summed E-state index contributed by atoms with van der Waals surface area (Å²) in [5.74, 6) is -0.144. The van der Waals surface area contributed by atoms with Crippen LogP contribution in [0, 0.1) is 5.82 Å². The highest BCUT2D eigenvalue weighted by atomic mass is 19.1. The molecule has 70 valence electrons. The molecule has 1 aliphatic heterocycles. The molecule has 0 saturated carbocycles. The van der Waals surface area contributed by atoms with Gasteiger partial charge in [-0.25, -0.2) is 4.39 Å². The number of aliphatic hydroxyl groups is 1. The summed E-state index contributed by atoms with van der Waals surface area (Å²) in [6.07, 6.45) is 0. The maximum Gasteiger partial charge on any atom is 0.128 e. The van der Waals surface area contributed by atoms with E-state index in [0.717, 1.165) is 5.69 Å².